The van der Waals surface area contributed by atoms with Crippen molar-refractivity contribution in [3.63, 3.8) is 0 Å². The fourth-order valence-electron chi connectivity index (χ4n) is 2.40. The number of halogens is 2. The van der Waals surface area contributed by atoms with E-state index in [2.05, 4.69) is 4.98 Å². The fraction of sp³-hybridized carbons (Fsp3) is 0.0625. The van der Waals surface area contributed by atoms with Gasteiger partial charge in [-0.05, 0) is 24.6 Å². The van der Waals surface area contributed by atoms with Gasteiger partial charge in [-0.25, -0.2) is 0 Å². The average molecular weight is 304 g/mol. The van der Waals surface area contributed by atoms with Gasteiger partial charge in [0.05, 0.1) is 11.2 Å². The highest BCUT2D eigenvalue weighted by Crippen LogP contribution is 2.35. The molecular weight excluding hydrogens is 293 g/mol. The summed E-state index contributed by atoms with van der Waals surface area (Å²) in [6.45, 7) is 1.92. The molecule has 3 rings (SSSR count). The average Bonchev–Trinajstić information content (AvgIpc) is 2.82. The largest absolute Gasteiger partial charge is 0.354 e. The SMILES string of the molecule is Cc1c(Cl)ccc2c(C=O)c(-c3ccccc3Cl)[nH]c12. The summed E-state index contributed by atoms with van der Waals surface area (Å²) in [6.07, 6.45) is 0.852. The number of carbonyl (C=O) groups is 1. The van der Waals surface area contributed by atoms with Crippen LogP contribution in [0, 0.1) is 6.92 Å². The quantitative estimate of drug-likeness (QED) is 0.643. The van der Waals surface area contributed by atoms with Crippen LogP contribution in [0.3, 0.4) is 0 Å². The number of rotatable bonds is 2. The first-order valence-corrected chi connectivity index (χ1v) is 6.90. The van der Waals surface area contributed by atoms with Crippen LogP contribution in [0.2, 0.25) is 10.0 Å². The van der Waals surface area contributed by atoms with Crippen molar-refractivity contribution in [1.82, 2.24) is 4.98 Å². The van der Waals surface area contributed by atoms with Crippen LogP contribution >= 0.6 is 23.2 Å². The number of fused-ring (bicyclic) bond motifs is 1. The van der Waals surface area contributed by atoms with E-state index in [0.717, 1.165) is 34.0 Å². The zero-order chi connectivity index (χ0) is 14.3. The third-order valence-electron chi connectivity index (χ3n) is 3.47. The second-order valence-corrected chi connectivity index (χ2v) is 5.42. The van der Waals surface area contributed by atoms with Crippen molar-refractivity contribution in [3.8, 4) is 11.3 Å². The third-order valence-corrected chi connectivity index (χ3v) is 4.21. The molecule has 0 bridgehead atoms. The summed E-state index contributed by atoms with van der Waals surface area (Å²) in [4.78, 5) is 14.8. The van der Waals surface area contributed by atoms with E-state index in [-0.39, 0.29) is 0 Å². The first kappa shape index (κ1) is 13.2. The fourth-order valence-corrected chi connectivity index (χ4v) is 2.79. The van der Waals surface area contributed by atoms with Crippen molar-refractivity contribution in [1.29, 1.82) is 0 Å². The highest BCUT2D eigenvalue weighted by Gasteiger charge is 2.16. The van der Waals surface area contributed by atoms with Crippen LogP contribution in [0.15, 0.2) is 36.4 Å². The summed E-state index contributed by atoms with van der Waals surface area (Å²) >= 11 is 12.4. The molecule has 2 aromatic carbocycles. The number of benzene rings is 2. The minimum Gasteiger partial charge on any atom is -0.354 e. The van der Waals surface area contributed by atoms with Gasteiger partial charge in [0.2, 0.25) is 0 Å². The maximum absolute atomic E-state index is 11.5. The van der Waals surface area contributed by atoms with E-state index < -0.39 is 0 Å². The molecule has 100 valence electrons. The molecule has 0 aliphatic rings. The summed E-state index contributed by atoms with van der Waals surface area (Å²) in [6, 6.07) is 11.1. The van der Waals surface area contributed by atoms with Gasteiger partial charge >= 0.3 is 0 Å². The molecule has 3 aromatic rings. The van der Waals surface area contributed by atoms with Crippen molar-refractivity contribution >= 4 is 40.4 Å². The van der Waals surface area contributed by atoms with Gasteiger partial charge in [0.25, 0.3) is 0 Å². The number of hydrogen-bond acceptors (Lipinski definition) is 1. The molecule has 0 saturated heterocycles. The number of aromatic nitrogens is 1. The Morgan fingerprint density at radius 1 is 1.05 bits per heavy atom. The molecule has 0 atom stereocenters. The van der Waals surface area contributed by atoms with E-state index in [1.807, 2.05) is 31.2 Å². The first-order chi connectivity index (χ1) is 9.63. The van der Waals surface area contributed by atoms with Crippen LogP contribution < -0.4 is 0 Å². The minimum atomic E-state index is 0.603. The summed E-state index contributed by atoms with van der Waals surface area (Å²) in [5.74, 6) is 0. The van der Waals surface area contributed by atoms with Crippen LogP contribution in [0.1, 0.15) is 15.9 Å². The lowest BCUT2D eigenvalue weighted by Gasteiger charge is -2.02. The topological polar surface area (TPSA) is 32.9 Å². The monoisotopic (exact) mass is 303 g/mol. The predicted molar refractivity (Wildman–Crippen MR) is 83.9 cm³/mol. The molecule has 2 nitrogen and oxygen atoms in total. The van der Waals surface area contributed by atoms with Gasteiger partial charge in [0.1, 0.15) is 0 Å². The molecule has 0 unspecified atom stereocenters. The van der Waals surface area contributed by atoms with Crippen molar-refractivity contribution in [2.24, 2.45) is 0 Å². The maximum atomic E-state index is 11.5. The standard InChI is InChI=1S/C16H11Cl2NO/c1-9-13(17)7-6-10-12(8-20)16(19-15(9)10)11-4-2-3-5-14(11)18/h2-8,19H,1H3. The van der Waals surface area contributed by atoms with Gasteiger partial charge in [-0.2, -0.15) is 0 Å². The zero-order valence-electron chi connectivity index (χ0n) is 10.7. The Labute approximate surface area is 126 Å². The number of aldehydes is 1. The Kier molecular flexibility index (Phi) is 3.28. The van der Waals surface area contributed by atoms with Crippen LogP contribution in [-0.2, 0) is 0 Å². The molecule has 0 aliphatic carbocycles. The number of aryl methyl sites for hydroxylation is 1. The Hall–Kier alpha value is -1.77. The normalized spacial score (nSPS) is 10.9. The first-order valence-electron chi connectivity index (χ1n) is 6.14. The van der Waals surface area contributed by atoms with Crippen molar-refractivity contribution in [2.45, 2.75) is 6.92 Å². The molecule has 0 aliphatic heterocycles. The van der Waals surface area contributed by atoms with Crippen molar-refractivity contribution in [3.05, 3.63) is 57.6 Å². The number of hydrogen-bond donors (Lipinski definition) is 1. The third kappa shape index (κ3) is 1.92. The van der Waals surface area contributed by atoms with Crippen molar-refractivity contribution < 1.29 is 4.79 Å². The lowest BCUT2D eigenvalue weighted by atomic mass is 10.1. The van der Waals surface area contributed by atoms with Gasteiger partial charge < -0.3 is 4.98 Å². The molecule has 0 amide bonds. The Balaban J connectivity index is 2.40. The molecule has 20 heavy (non-hydrogen) atoms. The molecule has 0 fully saturated rings. The second kappa shape index (κ2) is 4.97. The Morgan fingerprint density at radius 2 is 1.80 bits per heavy atom. The lowest BCUT2D eigenvalue weighted by molar-refractivity contribution is 0.112. The maximum Gasteiger partial charge on any atom is 0.152 e. The zero-order valence-corrected chi connectivity index (χ0v) is 12.2. The van der Waals surface area contributed by atoms with E-state index in [1.54, 1.807) is 12.1 Å². The highest BCUT2D eigenvalue weighted by atomic mass is 35.5. The number of H-pyrrole nitrogens is 1. The van der Waals surface area contributed by atoms with Gasteiger partial charge in [-0.15, -0.1) is 0 Å². The molecule has 4 heteroatoms. The van der Waals surface area contributed by atoms with Crippen LogP contribution in [0.25, 0.3) is 22.2 Å². The van der Waals surface area contributed by atoms with E-state index in [0.29, 0.717) is 15.6 Å². The molecule has 1 N–H and O–H groups in total. The Morgan fingerprint density at radius 3 is 2.50 bits per heavy atom. The van der Waals surface area contributed by atoms with E-state index in [1.165, 1.54) is 0 Å². The second-order valence-electron chi connectivity index (χ2n) is 4.61. The minimum absolute atomic E-state index is 0.603. The van der Waals surface area contributed by atoms with Crippen LogP contribution in [0.4, 0.5) is 0 Å². The number of carbonyl (C=O) groups excluding carboxylic acids is 1. The molecule has 0 spiro atoms. The van der Waals surface area contributed by atoms with Crippen LogP contribution in [-0.4, -0.2) is 11.3 Å². The smallest absolute Gasteiger partial charge is 0.152 e. The van der Waals surface area contributed by atoms with Gasteiger partial charge in [-0.1, -0.05) is 47.5 Å². The van der Waals surface area contributed by atoms with Gasteiger partial charge in [0.15, 0.2) is 6.29 Å². The summed E-state index contributed by atoms with van der Waals surface area (Å²) in [7, 11) is 0. The molecule has 1 heterocycles. The van der Waals surface area contributed by atoms with E-state index in [9.17, 15) is 4.79 Å². The molecule has 0 saturated carbocycles. The Bertz CT molecular complexity index is 821. The van der Waals surface area contributed by atoms with Gasteiger partial charge in [-0.3, -0.25) is 4.79 Å². The summed E-state index contributed by atoms with van der Waals surface area (Å²) in [5.41, 5.74) is 3.93. The lowest BCUT2D eigenvalue weighted by Crippen LogP contribution is -1.85. The van der Waals surface area contributed by atoms with E-state index in [4.69, 9.17) is 23.2 Å². The predicted octanol–water partition coefficient (Wildman–Crippen LogP) is 5.26. The van der Waals surface area contributed by atoms with E-state index >= 15 is 0 Å². The highest BCUT2D eigenvalue weighted by molar-refractivity contribution is 6.34. The molecule has 1 aromatic heterocycles. The van der Waals surface area contributed by atoms with Crippen molar-refractivity contribution in [2.75, 3.05) is 0 Å². The van der Waals surface area contributed by atoms with Gasteiger partial charge in [0, 0.05) is 26.6 Å². The summed E-state index contributed by atoms with van der Waals surface area (Å²) < 4.78 is 0. The number of nitrogens with one attached hydrogen (secondary N) is 1. The summed E-state index contributed by atoms with van der Waals surface area (Å²) in [5, 5.41) is 2.13. The van der Waals surface area contributed by atoms with Crippen LogP contribution in [0.5, 0.6) is 0 Å². The number of aromatic amines is 1. The molecule has 0 radical (unpaired) electrons. The molecular formula is C16H11Cl2NO.